The molecule has 0 radical (unpaired) electrons. The molecule has 0 spiro atoms. The average Bonchev–Trinajstić information content (AvgIpc) is 2.40. The van der Waals surface area contributed by atoms with Crippen molar-refractivity contribution in [1.29, 1.82) is 0 Å². The number of hydrogen-bond donors (Lipinski definition) is 1. The molecule has 0 heterocycles. The third kappa shape index (κ3) is 7.53. The summed E-state index contributed by atoms with van der Waals surface area (Å²) in [5, 5.41) is 8.94. The van der Waals surface area contributed by atoms with Gasteiger partial charge in [0.2, 0.25) is 0 Å². The first-order chi connectivity index (χ1) is 9.32. The van der Waals surface area contributed by atoms with Crippen LogP contribution in [-0.4, -0.2) is 35.9 Å². The van der Waals surface area contributed by atoms with Crippen LogP contribution in [0.5, 0.6) is 0 Å². The van der Waals surface area contributed by atoms with E-state index in [1.165, 1.54) is 13.8 Å². The van der Waals surface area contributed by atoms with Gasteiger partial charge >= 0.3 is 11.9 Å². The number of esters is 2. The summed E-state index contributed by atoms with van der Waals surface area (Å²) in [4.78, 5) is 21.6. The zero-order chi connectivity index (χ0) is 15.6. The molecule has 0 aliphatic carbocycles. The van der Waals surface area contributed by atoms with Gasteiger partial charge in [0.15, 0.2) is 5.60 Å². The van der Waals surface area contributed by atoms with E-state index < -0.39 is 11.6 Å². The Bertz CT molecular complexity index is 406. The fourth-order valence-corrected chi connectivity index (χ4v) is 1.10. The van der Waals surface area contributed by atoms with Crippen molar-refractivity contribution in [3.05, 3.63) is 35.9 Å². The van der Waals surface area contributed by atoms with Crippen LogP contribution in [0.3, 0.4) is 0 Å². The maximum atomic E-state index is 11.0. The molecule has 1 rings (SSSR count). The maximum Gasteiger partial charge on any atom is 0.338 e. The molecule has 20 heavy (non-hydrogen) atoms. The van der Waals surface area contributed by atoms with Gasteiger partial charge in [-0.2, -0.15) is 0 Å². The van der Waals surface area contributed by atoms with Gasteiger partial charge in [0.25, 0.3) is 0 Å². The van der Waals surface area contributed by atoms with Crippen LogP contribution in [0.25, 0.3) is 0 Å². The second-order valence-electron chi connectivity index (χ2n) is 4.37. The lowest BCUT2D eigenvalue weighted by atomic mass is 10.1. The number of carbonyl (C=O) groups is 2. The third-order valence-corrected chi connectivity index (χ3v) is 2.06. The highest BCUT2D eigenvalue weighted by molar-refractivity contribution is 5.89. The van der Waals surface area contributed by atoms with Crippen molar-refractivity contribution >= 4 is 11.9 Å². The SMILES string of the molecule is CCOC(=O)C(C)(C)O.CCOC(=O)c1ccccc1. The van der Waals surface area contributed by atoms with Gasteiger partial charge in [0.05, 0.1) is 18.8 Å². The van der Waals surface area contributed by atoms with E-state index in [4.69, 9.17) is 9.84 Å². The predicted octanol–water partition coefficient (Wildman–Crippen LogP) is 2.18. The zero-order valence-electron chi connectivity index (χ0n) is 12.4. The van der Waals surface area contributed by atoms with Crippen molar-refractivity contribution in [2.24, 2.45) is 0 Å². The minimum absolute atomic E-state index is 0.256. The van der Waals surface area contributed by atoms with Gasteiger partial charge in [0.1, 0.15) is 0 Å². The van der Waals surface area contributed by atoms with E-state index in [1.54, 1.807) is 26.0 Å². The fraction of sp³-hybridized carbons (Fsp3) is 0.467. The number of aliphatic hydroxyl groups is 1. The summed E-state index contributed by atoms with van der Waals surface area (Å²) in [5.74, 6) is -0.835. The Morgan fingerprint density at radius 2 is 1.55 bits per heavy atom. The minimum atomic E-state index is -1.35. The topological polar surface area (TPSA) is 72.8 Å². The van der Waals surface area contributed by atoms with Gasteiger partial charge in [-0.1, -0.05) is 18.2 Å². The molecule has 5 nitrogen and oxygen atoms in total. The molecule has 0 unspecified atom stereocenters. The smallest absolute Gasteiger partial charge is 0.338 e. The third-order valence-electron chi connectivity index (χ3n) is 2.06. The molecular formula is C15H22O5. The summed E-state index contributed by atoms with van der Waals surface area (Å²) in [6.45, 7) is 7.01. The number of benzene rings is 1. The molecule has 0 atom stereocenters. The Hall–Kier alpha value is -1.88. The highest BCUT2D eigenvalue weighted by atomic mass is 16.5. The number of ether oxygens (including phenoxy) is 2. The van der Waals surface area contributed by atoms with Gasteiger partial charge in [-0.3, -0.25) is 0 Å². The lowest BCUT2D eigenvalue weighted by molar-refractivity contribution is -0.161. The zero-order valence-corrected chi connectivity index (χ0v) is 12.4. The van der Waals surface area contributed by atoms with Crippen molar-refractivity contribution < 1.29 is 24.2 Å². The highest BCUT2D eigenvalue weighted by Crippen LogP contribution is 2.02. The first kappa shape index (κ1) is 18.1. The van der Waals surface area contributed by atoms with E-state index in [0.29, 0.717) is 18.8 Å². The molecule has 112 valence electrons. The van der Waals surface area contributed by atoms with E-state index in [2.05, 4.69) is 4.74 Å². The normalized spacial score (nSPS) is 10.1. The number of carbonyl (C=O) groups excluding carboxylic acids is 2. The molecular weight excluding hydrogens is 260 g/mol. The van der Waals surface area contributed by atoms with E-state index >= 15 is 0 Å². The molecule has 0 saturated heterocycles. The van der Waals surface area contributed by atoms with Gasteiger partial charge in [-0.25, -0.2) is 9.59 Å². The van der Waals surface area contributed by atoms with Crippen LogP contribution >= 0.6 is 0 Å². The summed E-state index contributed by atoms with van der Waals surface area (Å²) < 4.78 is 9.31. The van der Waals surface area contributed by atoms with Crippen LogP contribution in [-0.2, 0) is 14.3 Å². The molecule has 0 amide bonds. The lowest BCUT2D eigenvalue weighted by Gasteiger charge is -2.13. The van der Waals surface area contributed by atoms with Gasteiger partial charge in [0, 0.05) is 0 Å². The Morgan fingerprint density at radius 3 is 1.90 bits per heavy atom. The molecule has 0 bridgehead atoms. The van der Waals surface area contributed by atoms with Crippen LogP contribution < -0.4 is 0 Å². The van der Waals surface area contributed by atoms with Gasteiger partial charge in [-0.05, 0) is 39.8 Å². The van der Waals surface area contributed by atoms with Crippen LogP contribution in [0.1, 0.15) is 38.1 Å². The minimum Gasteiger partial charge on any atom is -0.464 e. The van der Waals surface area contributed by atoms with Crippen molar-refractivity contribution in [2.45, 2.75) is 33.3 Å². The standard InChI is InChI=1S/C9H10O2.C6H12O3/c1-2-11-9(10)8-6-4-3-5-7-8;1-4-9-5(7)6(2,3)8/h3-7H,2H2,1H3;8H,4H2,1-3H3. The number of rotatable bonds is 4. The van der Waals surface area contributed by atoms with E-state index in [1.807, 2.05) is 18.2 Å². The Morgan fingerprint density at radius 1 is 1.05 bits per heavy atom. The van der Waals surface area contributed by atoms with E-state index in [-0.39, 0.29) is 5.97 Å². The van der Waals surface area contributed by atoms with Crippen LogP contribution in [0.4, 0.5) is 0 Å². The first-order valence-electron chi connectivity index (χ1n) is 6.44. The summed E-state index contributed by atoms with van der Waals surface area (Å²) in [7, 11) is 0. The Labute approximate surface area is 119 Å². The molecule has 0 aromatic heterocycles. The largest absolute Gasteiger partial charge is 0.464 e. The second kappa shape index (κ2) is 9.09. The van der Waals surface area contributed by atoms with Crippen molar-refractivity contribution in [1.82, 2.24) is 0 Å². The quantitative estimate of drug-likeness (QED) is 0.857. The predicted molar refractivity (Wildman–Crippen MR) is 75.3 cm³/mol. The van der Waals surface area contributed by atoms with Gasteiger partial charge < -0.3 is 14.6 Å². The molecule has 1 aromatic rings. The summed E-state index contributed by atoms with van der Waals surface area (Å²) >= 11 is 0. The van der Waals surface area contributed by atoms with Crippen molar-refractivity contribution in [2.75, 3.05) is 13.2 Å². The Balaban J connectivity index is 0.000000370. The maximum absolute atomic E-state index is 11.0. The average molecular weight is 282 g/mol. The van der Waals surface area contributed by atoms with Crippen molar-refractivity contribution in [3.8, 4) is 0 Å². The molecule has 1 aromatic carbocycles. The van der Waals surface area contributed by atoms with Crippen LogP contribution in [0, 0.1) is 0 Å². The second-order valence-corrected chi connectivity index (χ2v) is 4.37. The molecule has 5 heteroatoms. The van der Waals surface area contributed by atoms with Gasteiger partial charge in [-0.15, -0.1) is 0 Å². The summed E-state index contributed by atoms with van der Waals surface area (Å²) in [5.41, 5.74) is -0.745. The van der Waals surface area contributed by atoms with E-state index in [9.17, 15) is 9.59 Å². The van der Waals surface area contributed by atoms with E-state index in [0.717, 1.165) is 0 Å². The fourth-order valence-electron chi connectivity index (χ4n) is 1.10. The first-order valence-corrected chi connectivity index (χ1v) is 6.44. The number of hydrogen-bond acceptors (Lipinski definition) is 5. The molecule has 0 aliphatic heterocycles. The highest BCUT2D eigenvalue weighted by Gasteiger charge is 2.24. The molecule has 0 saturated carbocycles. The molecule has 1 N–H and O–H groups in total. The van der Waals surface area contributed by atoms with Crippen molar-refractivity contribution in [3.63, 3.8) is 0 Å². The van der Waals surface area contributed by atoms with Crippen LogP contribution in [0.15, 0.2) is 30.3 Å². The monoisotopic (exact) mass is 282 g/mol. The molecule has 0 fully saturated rings. The van der Waals surface area contributed by atoms with Crippen LogP contribution in [0.2, 0.25) is 0 Å². The Kier molecular flexibility index (Phi) is 8.24. The lowest BCUT2D eigenvalue weighted by Crippen LogP contribution is -2.32. The summed E-state index contributed by atoms with van der Waals surface area (Å²) in [6, 6.07) is 8.96. The molecule has 0 aliphatic rings. The summed E-state index contributed by atoms with van der Waals surface area (Å²) in [6.07, 6.45) is 0.